The van der Waals surface area contributed by atoms with Crippen LogP contribution < -0.4 is 5.32 Å². The Morgan fingerprint density at radius 1 is 1.25 bits per heavy atom. The molecule has 0 heterocycles. The summed E-state index contributed by atoms with van der Waals surface area (Å²) in [5.41, 5.74) is 0. The molecule has 0 fully saturated rings. The second-order valence-electron chi connectivity index (χ2n) is 2.81. The van der Waals surface area contributed by atoms with E-state index >= 15 is 0 Å². The van der Waals surface area contributed by atoms with Gasteiger partial charge in [0.15, 0.2) is 0 Å². The highest BCUT2D eigenvalue weighted by atomic mass is 14.9. The summed E-state index contributed by atoms with van der Waals surface area (Å²) in [6.07, 6.45) is 13.3. The highest BCUT2D eigenvalue weighted by Gasteiger charge is 2.08. The van der Waals surface area contributed by atoms with Gasteiger partial charge in [-0.25, -0.2) is 0 Å². The number of hydrogen-bond acceptors (Lipinski definition) is 1. The Hall–Kier alpha value is -0.920. The van der Waals surface area contributed by atoms with Crippen molar-refractivity contribution in [1.29, 1.82) is 0 Å². The predicted molar refractivity (Wildman–Crippen MR) is 53.6 cm³/mol. The molecule has 0 aromatic heterocycles. The molecule has 0 aliphatic carbocycles. The van der Waals surface area contributed by atoms with E-state index in [1.165, 1.54) is 0 Å². The van der Waals surface area contributed by atoms with Crippen molar-refractivity contribution in [2.75, 3.05) is 0 Å². The molecule has 0 spiro atoms. The summed E-state index contributed by atoms with van der Waals surface area (Å²) in [5, 5.41) is 3.33. The van der Waals surface area contributed by atoms with Crippen LogP contribution in [0.5, 0.6) is 0 Å². The minimum absolute atomic E-state index is 0.170. The maximum Gasteiger partial charge on any atom is 0.0686 e. The fourth-order valence-electron chi connectivity index (χ4n) is 1.03. The minimum atomic E-state index is 0.170. The molecule has 2 atom stereocenters. The Bertz CT molecular complexity index is 182. The van der Waals surface area contributed by atoms with Crippen LogP contribution in [0.3, 0.4) is 0 Å². The van der Waals surface area contributed by atoms with Gasteiger partial charge in [-0.3, -0.25) is 5.32 Å². The van der Waals surface area contributed by atoms with E-state index in [-0.39, 0.29) is 6.04 Å². The van der Waals surface area contributed by atoms with Crippen LogP contribution in [0.1, 0.15) is 33.1 Å². The van der Waals surface area contributed by atoms with Crippen molar-refractivity contribution in [2.24, 2.45) is 0 Å². The van der Waals surface area contributed by atoms with Gasteiger partial charge in [-0.1, -0.05) is 19.8 Å². The molecule has 0 aromatic rings. The van der Waals surface area contributed by atoms with Gasteiger partial charge in [-0.05, 0) is 12.8 Å². The lowest BCUT2D eigenvalue weighted by Crippen LogP contribution is -2.36. The van der Waals surface area contributed by atoms with E-state index in [0.717, 1.165) is 19.3 Å². The van der Waals surface area contributed by atoms with E-state index in [4.69, 9.17) is 12.8 Å². The standard InChI is InChI=1S/C11H17N/c1-5-9-11(8-4)12-10(6-2)7-3/h1-2,10-12H,7-9H2,3-4H3. The molecule has 0 rings (SSSR count). The number of hydrogen-bond donors (Lipinski definition) is 1. The molecule has 0 saturated heterocycles. The molecule has 1 nitrogen and oxygen atoms in total. The fourth-order valence-corrected chi connectivity index (χ4v) is 1.03. The summed E-state index contributed by atoms with van der Waals surface area (Å²) in [6, 6.07) is 0.541. The normalized spacial score (nSPS) is 14.3. The minimum Gasteiger partial charge on any atom is -0.300 e. The highest BCUT2D eigenvalue weighted by molar-refractivity contribution is 5.00. The molecule has 0 aromatic carbocycles. The van der Waals surface area contributed by atoms with Crippen molar-refractivity contribution >= 4 is 0 Å². The van der Waals surface area contributed by atoms with Crippen LogP contribution in [0.15, 0.2) is 0 Å². The lowest BCUT2D eigenvalue weighted by molar-refractivity contribution is 0.464. The van der Waals surface area contributed by atoms with Crippen molar-refractivity contribution in [3.05, 3.63) is 0 Å². The van der Waals surface area contributed by atoms with E-state index in [9.17, 15) is 0 Å². The summed E-state index contributed by atoms with van der Waals surface area (Å²) in [5.74, 6) is 5.34. The quantitative estimate of drug-likeness (QED) is 0.609. The molecule has 2 unspecified atom stereocenters. The summed E-state index contributed by atoms with van der Waals surface area (Å²) >= 11 is 0. The van der Waals surface area contributed by atoms with Crippen molar-refractivity contribution in [3.63, 3.8) is 0 Å². The summed E-state index contributed by atoms with van der Waals surface area (Å²) in [4.78, 5) is 0. The molecule has 0 aliphatic heterocycles. The average molecular weight is 163 g/mol. The van der Waals surface area contributed by atoms with Crippen molar-refractivity contribution in [2.45, 2.75) is 45.2 Å². The first kappa shape index (κ1) is 11.1. The van der Waals surface area contributed by atoms with Gasteiger partial charge in [0, 0.05) is 12.5 Å². The van der Waals surface area contributed by atoms with Crippen LogP contribution in [0.4, 0.5) is 0 Å². The predicted octanol–water partition coefficient (Wildman–Crippen LogP) is 1.79. The van der Waals surface area contributed by atoms with Crippen LogP contribution in [-0.2, 0) is 0 Å². The third-order valence-corrected chi connectivity index (χ3v) is 1.90. The molecule has 0 radical (unpaired) electrons. The average Bonchev–Trinajstić information content (AvgIpc) is 2.12. The van der Waals surface area contributed by atoms with Gasteiger partial charge in [0.2, 0.25) is 0 Å². The molecular formula is C11H17N. The summed E-state index contributed by atoms with van der Waals surface area (Å²) < 4.78 is 0. The van der Waals surface area contributed by atoms with Gasteiger partial charge in [0.25, 0.3) is 0 Å². The maximum absolute atomic E-state index is 5.32. The van der Waals surface area contributed by atoms with Gasteiger partial charge in [0.1, 0.15) is 0 Å². The van der Waals surface area contributed by atoms with E-state index in [1.54, 1.807) is 0 Å². The first-order valence-corrected chi connectivity index (χ1v) is 4.44. The van der Waals surface area contributed by atoms with E-state index in [1.807, 2.05) is 0 Å². The van der Waals surface area contributed by atoms with Crippen molar-refractivity contribution < 1.29 is 0 Å². The second kappa shape index (κ2) is 6.77. The Balaban J connectivity index is 3.86. The van der Waals surface area contributed by atoms with Gasteiger partial charge in [0.05, 0.1) is 6.04 Å². The van der Waals surface area contributed by atoms with Gasteiger partial charge >= 0.3 is 0 Å². The van der Waals surface area contributed by atoms with Crippen LogP contribution in [0.25, 0.3) is 0 Å². The molecule has 0 amide bonds. The zero-order valence-electron chi connectivity index (χ0n) is 7.93. The van der Waals surface area contributed by atoms with Gasteiger partial charge in [-0.2, -0.15) is 0 Å². The number of rotatable bonds is 5. The van der Waals surface area contributed by atoms with Crippen molar-refractivity contribution in [1.82, 2.24) is 5.32 Å². The summed E-state index contributed by atoms with van der Waals surface area (Å²) in [7, 11) is 0. The number of terminal acetylenes is 2. The topological polar surface area (TPSA) is 12.0 Å². The lowest BCUT2D eigenvalue weighted by Gasteiger charge is -2.18. The first-order chi connectivity index (χ1) is 5.78. The zero-order valence-corrected chi connectivity index (χ0v) is 7.93. The Morgan fingerprint density at radius 2 is 1.92 bits per heavy atom. The summed E-state index contributed by atoms with van der Waals surface area (Å²) in [6.45, 7) is 4.18. The monoisotopic (exact) mass is 163 g/mol. The van der Waals surface area contributed by atoms with Crippen LogP contribution in [0, 0.1) is 24.7 Å². The zero-order chi connectivity index (χ0) is 9.40. The van der Waals surface area contributed by atoms with Crippen LogP contribution in [0.2, 0.25) is 0 Å². The second-order valence-corrected chi connectivity index (χ2v) is 2.81. The SMILES string of the molecule is C#CCC(CC)NC(C#C)CC. The molecule has 12 heavy (non-hydrogen) atoms. The molecule has 0 bridgehead atoms. The Labute approximate surface area is 75.9 Å². The third-order valence-electron chi connectivity index (χ3n) is 1.90. The molecule has 1 N–H and O–H groups in total. The molecular weight excluding hydrogens is 146 g/mol. The Kier molecular flexibility index (Phi) is 6.25. The van der Waals surface area contributed by atoms with E-state index in [2.05, 4.69) is 31.0 Å². The third kappa shape index (κ3) is 4.06. The van der Waals surface area contributed by atoms with E-state index in [0.29, 0.717) is 6.04 Å². The Morgan fingerprint density at radius 3 is 2.25 bits per heavy atom. The van der Waals surface area contributed by atoms with E-state index < -0.39 is 0 Å². The highest BCUT2D eigenvalue weighted by Crippen LogP contribution is 1.99. The largest absolute Gasteiger partial charge is 0.300 e. The van der Waals surface area contributed by atoms with Crippen molar-refractivity contribution in [3.8, 4) is 24.7 Å². The molecule has 0 saturated carbocycles. The van der Waals surface area contributed by atoms with Gasteiger partial charge < -0.3 is 0 Å². The molecule has 0 aliphatic rings. The van der Waals surface area contributed by atoms with Crippen LogP contribution in [-0.4, -0.2) is 12.1 Å². The number of nitrogens with one attached hydrogen (secondary N) is 1. The van der Waals surface area contributed by atoms with Crippen LogP contribution >= 0.6 is 0 Å². The fraction of sp³-hybridized carbons (Fsp3) is 0.636. The molecule has 66 valence electrons. The molecule has 1 heteroatoms. The van der Waals surface area contributed by atoms with Gasteiger partial charge in [-0.15, -0.1) is 18.8 Å². The maximum atomic E-state index is 5.32. The smallest absolute Gasteiger partial charge is 0.0686 e. The first-order valence-electron chi connectivity index (χ1n) is 4.44. The lowest BCUT2D eigenvalue weighted by atomic mass is 10.1.